The first-order chi connectivity index (χ1) is 8.28. The SMILES string of the molecule is COc1cc(C)cc2c(CNC3CC3)coc12. The largest absolute Gasteiger partial charge is 0.493 e. The molecule has 1 aromatic carbocycles. The van der Waals surface area contributed by atoms with Crippen LogP contribution in [0, 0.1) is 6.92 Å². The quantitative estimate of drug-likeness (QED) is 0.878. The normalized spacial score (nSPS) is 15.4. The maximum atomic E-state index is 5.61. The molecular formula is C14H17NO2. The van der Waals surface area contributed by atoms with Crippen LogP contribution in [0.4, 0.5) is 0 Å². The smallest absolute Gasteiger partial charge is 0.176 e. The molecule has 1 aliphatic carbocycles. The van der Waals surface area contributed by atoms with Crippen LogP contribution in [0.3, 0.4) is 0 Å². The Balaban J connectivity index is 1.97. The summed E-state index contributed by atoms with van der Waals surface area (Å²) in [5, 5.41) is 4.67. The number of hydrogen-bond donors (Lipinski definition) is 1. The lowest BCUT2D eigenvalue weighted by atomic mass is 10.1. The van der Waals surface area contributed by atoms with Gasteiger partial charge in [-0.05, 0) is 37.5 Å². The summed E-state index contributed by atoms with van der Waals surface area (Å²) in [5.41, 5.74) is 3.27. The average molecular weight is 231 g/mol. The number of hydrogen-bond acceptors (Lipinski definition) is 3. The van der Waals surface area contributed by atoms with Gasteiger partial charge in [0.2, 0.25) is 0 Å². The summed E-state index contributed by atoms with van der Waals surface area (Å²) in [4.78, 5) is 0. The predicted molar refractivity (Wildman–Crippen MR) is 67.4 cm³/mol. The van der Waals surface area contributed by atoms with E-state index in [1.54, 1.807) is 7.11 Å². The predicted octanol–water partition coefficient (Wildman–Crippen LogP) is 3.00. The lowest BCUT2D eigenvalue weighted by Crippen LogP contribution is -2.14. The second-order valence-corrected chi connectivity index (χ2v) is 4.76. The van der Waals surface area contributed by atoms with E-state index in [1.165, 1.54) is 24.0 Å². The van der Waals surface area contributed by atoms with E-state index in [1.807, 2.05) is 12.3 Å². The number of fused-ring (bicyclic) bond motifs is 1. The highest BCUT2D eigenvalue weighted by atomic mass is 16.5. The van der Waals surface area contributed by atoms with Crippen molar-refractivity contribution in [3.8, 4) is 5.75 Å². The first-order valence-electron chi connectivity index (χ1n) is 6.06. The van der Waals surface area contributed by atoms with Crippen LogP contribution in [-0.4, -0.2) is 13.2 Å². The Labute approximate surface area is 101 Å². The van der Waals surface area contributed by atoms with Crippen molar-refractivity contribution in [3.63, 3.8) is 0 Å². The minimum atomic E-state index is 0.714. The molecule has 3 nitrogen and oxygen atoms in total. The second kappa shape index (κ2) is 4.08. The van der Waals surface area contributed by atoms with E-state index < -0.39 is 0 Å². The van der Waals surface area contributed by atoms with Gasteiger partial charge in [0.05, 0.1) is 13.4 Å². The van der Waals surface area contributed by atoms with Crippen LogP contribution in [0.25, 0.3) is 11.0 Å². The Morgan fingerprint density at radius 2 is 2.24 bits per heavy atom. The number of nitrogens with one attached hydrogen (secondary N) is 1. The van der Waals surface area contributed by atoms with Gasteiger partial charge < -0.3 is 14.5 Å². The fourth-order valence-corrected chi connectivity index (χ4v) is 2.12. The van der Waals surface area contributed by atoms with E-state index in [2.05, 4.69) is 18.3 Å². The molecule has 1 heterocycles. The first kappa shape index (κ1) is 10.7. The summed E-state index contributed by atoms with van der Waals surface area (Å²) in [5.74, 6) is 0.817. The Morgan fingerprint density at radius 1 is 1.41 bits per heavy atom. The molecule has 1 saturated carbocycles. The van der Waals surface area contributed by atoms with Crippen LogP contribution >= 0.6 is 0 Å². The van der Waals surface area contributed by atoms with Crippen LogP contribution in [0.5, 0.6) is 5.75 Å². The number of methoxy groups -OCH3 is 1. The molecule has 0 radical (unpaired) electrons. The van der Waals surface area contributed by atoms with Gasteiger partial charge in [-0.15, -0.1) is 0 Å². The maximum Gasteiger partial charge on any atom is 0.176 e. The molecule has 90 valence electrons. The van der Waals surface area contributed by atoms with Crippen LogP contribution in [0.15, 0.2) is 22.8 Å². The molecule has 3 heteroatoms. The lowest BCUT2D eigenvalue weighted by molar-refractivity contribution is 0.410. The summed E-state index contributed by atoms with van der Waals surface area (Å²) in [6.07, 6.45) is 4.44. The third kappa shape index (κ3) is 2.03. The number of rotatable bonds is 4. The van der Waals surface area contributed by atoms with Crippen LogP contribution in [0.2, 0.25) is 0 Å². The van der Waals surface area contributed by atoms with Crippen LogP contribution in [-0.2, 0) is 6.54 Å². The van der Waals surface area contributed by atoms with E-state index in [0.29, 0.717) is 6.04 Å². The van der Waals surface area contributed by atoms with Gasteiger partial charge in [0, 0.05) is 23.5 Å². The van der Waals surface area contributed by atoms with Crippen molar-refractivity contribution in [2.24, 2.45) is 0 Å². The van der Waals surface area contributed by atoms with E-state index in [9.17, 15) is 0 Å². The molecule has 0 aliphatic heterocycles. The topological polar surface area (TPSA) is 34.4 Å². The Hall–Kier alpha value is -1.48. The number of aryl methyl sites for hydroxylation is 1. The van der Waals surface area contributed by atoms with Gasteiger partial charge in [0.25, 0.3) is 0 Å². The monoisotopic (exact) mass is 231 g/mol. The van der Waals surface area contributed by atoms with Crippen molar-refractivity contribution >= 4 is 11.0 Å². The summed E-state index contributed by atoms with van der Waals surface area (Å²) >= 11 is 0. The third-order valence-electron chi connectivity index (χ3n) is 3.24. The molecule has 0 saturated heterocycles. The minimum Gasteiger partial charge on any atom is -0.493 e. The maximum absolute atomic E-state index is 5.61. The van der Waals surface area contributed by atoms with E-state index in [4.69, 9.17) is 9.15 Å². The molecule has 1 aliphatic rings. The first-order valence-corrected chi connectivity index (χ1v) is 6.06. The molecule has 0 atom stereocenters. The Bertz CT molecular complexity index is 540. The highest BCUT2D eigenvalue weighted by molar-refractivity contribution is 5.87. The van der Waals surface area contributed by atoms with Crippen molar-refractivity contribution in [2.75, 3.05) is 7.11 Å². The Morgan fingerprint density at radius 3 is 2.94 bits per heavy atom. The fraction of sp³-hybridized carbons (Fsp3) is 0.429. The summed E-state index contributed by atoms with van der Waals surface area (Å²) in [7, 11) is 1.68. The zero-order chi connectivity index (χ0) is 11.8. The molecule has 1 N–H and O–H groups in total. The zero-order valence-corrected chi connectivity index (χ0v) is 10.2. The van der Waals surface area contributed by atoms with E-state index in [0.717, 1.165) is 23.3 Å². The summed E-state index contributed by atoms with van der Waals surface area (Å²) in [6.45, 7) is 2.96. The van der Waals surface area contributed by atoms with Crippen molar-refractivity contribution in [1.29, 1.82) is 0 Å². The molecule has 0 spiro atoms. The van der Waals surface area contributed by atoms with Gasteiger partial charge in [0.1, 0.15) is 0 Å². The van der Waals surface area contributed by atoms with Crippen LogP contribution < -0.4 is 10.1 Å². The number of furan rings is 1. The van der Waals surface area contributed by atoms with Gasteiger partial charge in [-0.2, -0.15) is 0 Å². The summed E-state index contributed by atoms with van der Waals surface area (Å²) < 4.78 is 11.0. The molecule has 2 aromatic rings. The fourth-order valence-electron chi connectivity index (χ4n) is 2.12. The zero-order valence-electron chi connectivity index (χ0n) is 10.2. The molecule has 1 fully saturated rings. The molecule has 1 aromatic heterocycles. The van der Waals surface area contributed by atoms with Crippen LogP contribution in [0.1, 0.15) is 24.0 Å². The van der Waals surface area contributed by atoms with Gasteiger partial charge in [-0.25, -0.2) is 0 Å². The number of ether oxygens (including phenoxy) is 1. The summed E-state index contributed by atoms with van der Waals surface area (Å²) in [6, 6.07) is 4.88. The highest BCUT2D eigenvalue weighted by Crippen LogP contribution is 2.31. The van der Waals surface area contributed by atoms with E-state index in [-0.39, 0.29) is 0 Å². The van der Waals surface area contributed by atoms with Crippen molar-refractivity contribution in [2.45, 2.75) is 32.4 Å². The molecule has 3 rings (SSSR count). The average Bonchev–Trinajstić information content (AvgIpc) is 3.07. The number of benzene rings is 1. The van der Waals surface area contributed by atoms with Gasteiger partial charge in [-0.1, -0.05) is 0 Å². The molecule has 0 amide bonds. The second-order valence-electron chi connectivity index (χ2n) is 4.76. The molecule has 17 heavy (non-hydrogen) atoms. The standard InChI is InChI=1S/C14H17NO2/c1-9-5-12-10(7-15-11-3-4-11)8-17-14(12)13(6-9)16-2/h5-6,8,11,15H,3-4,7H2,1-2H3. The highest BCUT2D eigenvalue weighted by Gasteiger charge is 2.21. The Kier molecular flexibility index (Phi) is 2.56. The van der Waals surface area contributed by atoms with Crippen molar-refractivity contribution in [1.82, 2.24) is 5.32 Å². The lowest BCUT2D eigenvalue weighted by Gasteiger charge is -2.04. The minimum absolute atomic E-state index is 0.714. The molecular weight excluding hydrogens is 214 g/mol. The van der Waals surface area contributed by atoms with Gasteiger partial charge in [-0.3, -0.25) is 0 Å². The van der Waals surface area contributed by atoms with Gasteiger partial charge >= 0.3 is 0 Å². The third-order valence-corrected chi connectivity index (χ3v) is 3.24. The van der Waals surface area contributed by atoms with Crippen molar-refractivity contribution < 1.29 is 9.15 Å². The van der Waals surface area contributed by atoms with Gasteiger partial charge in [0.15, 0.2) is 11.3 Å². The van der Waals surface area contributed by atoms with E-state index >= 15 is 0 Å². The van der Waals surface area contributed by atoms with Crippen molar-refractivity contribution in [3.05, 3.63) is 29.5 Å². The molecule has 0 unspecified atom stereocenters. The molecule has 0 bridgehead atoms.